The van der Waals surface area contributed by atoms with Gasteiger partial charge in [-0.1, -0.05) is 74.6 Å². The molecule has 1 fully saturated rings. The summed E-state index contributed by atoms with van der Waals surface area (Å²) in [5.74, 6) is 0.450. The van der Waals surface area contributed by atoms with Gasteiger partial charge in [0.25, 0.3) is 0 Å². The van der Waals surface area contributed by atoms with Crippen molar-refractivity contribution in [2.24, 2.45) is 5.92 Å². The Morgan fingerprint density at radius 2 is 2.15 bits per heavy atom. The van der Waals surface area contributed by atoms with Crippen LogP contribution in [0.25, 0.3) is 6.08 Å². The van der Waals surface area contributed by atoms with E-state index in [9.17, 15) is 4.79 Å². The number of oxazole rings is 1. The minimum absolute atomic E-state index is 0.229. The highest BCUT2D eigenvalue weighted by molar-refractivity contribution is 5.66. The first-order valence-electron chi connectivity index (χ1n) is 14.3. The van der Waals surface area contributed by atoms with E-state index in [1.807, 2.05) is 30.4 Å². The zero-order valence-corrected chi connectivity index (χ0v) is 23.6. The average Bonchev–Trinajstić information content (AvgIpc) is 3.21. The van der Waals surface area contributed by atoms with Crippen LogP contribution in [0.1, 0.15) is 63.8 Å². The number of carbonyl (C=O) groups is 1. The smallest absolute Gasteiger partial charge is 0.303 e. The lowest BCUT2D eigenvalue weighted by atomic mass is 9.88. The summed E-state index contributed by atoms with van der Waals surface area (Å²) in [5.41, 5.74) is 8.66. The fraction of sp³-hybridized carbons (Fsp3) is 0.382. The number of fused-ring (bicyclic) bond motifs is 2. The summed E-state index contributed by atoms with van der Waals surface area (Å²) < 4.78 is 12.2. The summed E-state index contributed by atoms with van der Waals surface area (Å²) in [5, 5.41) is 8.94. The van der Waals surface area contributed by atoms with E-state index in [-0.39, 0.29) is 12.5 Å². The van der Waals surface area contributed by atoms with Gasteiger partial charge in [-0.05, 0) is 73.1 Å². The van der Waals surface area contributed by atoms with E-state index >= 15 is 0 Å². The molecule has 6 nitrogen and oxygen atoms in total. The predicted octanol–water partition coefficient (Wildman–Crippen LogP) is 7.66. The molecule has 0 bridgehead atoms. The van der Waals surface area contributed by atoms with E-state index in [1.165, 1.54) is 5.57 Å². The van der Waals surface area contributed by atoms with Gasteiger partial charge in [0.1, 0.15) is 6.10 Å². The molecule has 4 rings (SSSR count). The average molecular weight is 541 g/mol. The Hall–Kier alpha value is -3.86. The van der Waals surface area contributed by atoms with Crippen LogP contribution in [0.5, 0.6) is 0 Å². The molecule has 1 unspecified atom stereocenters. The van der Waals surface area contributed by atoms with Gasteiger partial charge in [-0.2, -0.15) is 4.98 Å². The maximum Gasteiger partial charge on any atom is 0.303 e. The highest BCUT2D eigenvalue weighted by Crippen LogP contribution is 2.30. The molecule has 0 amide bonds. The van der Waals surface area contributed by atoms with E-state index < -0.39 is 5.97 Å². The van der Waals surface area contributed by atoms with Crippen LogP contribution >= 0.6 is 0 Å². The number of hydrogen-bond donors (Lipinski definition) is 1. The van der Waals surface area contributed by atoms with Crippen molar-refractivity contribution in [2.45, 2.75) is 64.9 Å². The Kier molecular flexibility index (Phi) is 10.6. The van der Waals surface area contributed by atoms with Crippen molar-refractivity contribution in [3.05, 3.63) is 107 Å². The van der Waals surface area contributed by atoms with Gasteiger partial charge in [-0.25, -0.2) is 0 Å². The highest BCUT2D eigenvalue weighted by Gasteiger charge is 2.29. The summed E-state index contributed by atoms with van der Waals surface area (Å²) >= 11 is 0. The largest absolute Gasteiger partial charge is 0.481 e. The van der Waals surface area contributed by atoms with E-state index in [2.05, 4.69) is 67.5 Å². The third-order valence-corrected chi connectivity index (χ3v) is 7.39. The van der Waals surface area contributed by atoms with E-state index in [1.54, 1.807) is 0 Å². The number of aromatic nitrogens is 1. The van der Waals surface area contributed by atoms with Crippen LogP contribution in [0.3, 0.4) is 0 Å². The molecule has 2 atom stereocenters. The minimum Gasteiger partial charge on any atom is -0.481 e. The van der Waals surface area contributed by atoms with Gasteiger partial charge in [-0.15, -0.1) is 0 Å². The van der Waals surface area contributed by atoms with E-state index in [4.69, 9.17) is 19.2 Å². The van der Waals surface area contributed by atoms with Gasteiger partial charge in [0.05, 0.1) is 24.5 Å². The molecule has 1 aliphatic heterocycles. The molecule has 3 aliphatic rings. The normalized spacial score (nSPS) is 20.9. The van der Waals surface area contributed by atoms with Gasteiger partial charge in [-0.3, -0.25) is 9.69 Å². The third-order valence-electron chi connectivity index (χ3n) is 7.39. The molecule has 1 aromatic heterocycles. The molecule has 6 heteroatoms. The van der Waals surface area contributed by atoms with Crippen molar-refractivity contribution >= 4 is 18.1 Å². The van der Waals surface area contributed by atoms with Crippen molar-refractivity contribution in [1.29, 1.82) is 0 Å². The first-order chi connectivity index (χ1) is 19.5. The maximum atomic E-state index is 10.9. The topological polar surface area (TPSA) is 75.8 Å². The molecular formula is C34H40N2O4. The first-order valence-corrected chi connectivity index (χ1v) is 14.3. The molecule has 2 aliphatic carbocycles. The van der Waals surface area contributed by atoms with E-state index in [0.29, 0.717) is 31.5 Å². The van der Waals surface area contributed by atoms with Crippen molar-refractivity contribution in [3.8, 4) is 0 Å². The molecule has 1 aromatic rings. The molecular weight excluding hydrogens is 500 g/mol. The monoisotopic (exact) mass is 540 g/mol. The Balaban J connectivity index is 1.52. The molecule has 0 aromatic carbocycles. The van der Waals surface area contributed by atoms with Crippen LogP contribution in [0, 0.1) is 5.92 Å². The van der Waals surface area contributed by atoms with Crippen LogP contribution in [-0.2, 0) is 16.0 Å². The number of nitrogens with zero attached hydrogens (tertiary/aromatic N) is 2. The summed E-state index contributed by atoms with van der Waals surface area (Å²) in [6.07, 6.45) is 27.9. The number of allylic oxidation sites excluding steroid dienone is 11. The second-order valence-corrected chi connectivity index (χ2v) is 10.3. The number of morpholine rings is 1. The van der Waals surface area contributed by atoms with Crippen LogP contribution < -0.4 is 4.90 Å². The Bertz CT molecular complexity index is 1330. The number of ether oxygens (including phenoxy) is 1. The quantitative estimate of drug-likeness (QED) is 0.167. The number of hydrogen-bond acceptors (Lipinski definition) is 5. The second kappa shape index (κ2) is 14.5. The second-order valence-electron chi connectivity index (χ2n) is 10.3. The zero-order chi connectivity index (χ0) is 28.3. The minimum atomic E-state index is -0.727. The first kappa shape index (κ1) is 29.1. The maximum absolute atomic E-state index is 10.9. The lowest BCUT2D eigenvalue weighted by Gasteiger charge is -2.32. The van der Waals surface area contributed by atoms with Crippen molar-refractivity contribution in [3.63, 3.8) is 0 Å². The number of carboxylic acid groups (broad SMARTS) is 1. The fourth-order valence-electron chi connectivity index (χ4n) is 5.18. The molecule has 0 saturated carbocycles. The Morgan fingerprint density at radius 1 is 1.27 bits per heavy atom. The number of carboxylic acids is 1. The Labute approximate surface area is 237 Å². The number of anilines is 1. The third kappa shape index (κ3) is 7.62. The SMILES string of the molecule is C=C\C(=C/C=C(C)/C1=C/C=C=C2C(C=C1)OCCN2c1nc2c(o1)C=CC=CC2)[C@@H](CCC)CCCCC(=O)O. The summed E-state index contributed by atoms with van der Waals surface area (Å²) in [4.78, 5) is 17.7. The molecule has 0 spiro atoms. The van der Waals surface area contributed by atoms with Crippen LogP contribution in [0.15, 0.2) is 99.9 Å². The van der Waals surface area contributed by atoms with Gasteiger partial charge in [0, 0.05) is 12.8 Å². The predicted molar refractivity (Wildman–Crippen MR) is 161 cm³/mol. The summed E-state index contributed by atoms with van der Waals surface area (Å²) in [7, 11) is 0. The van der Waals surface area contributed by atoms with Crippen molar-refractivity contribution in [2.75, 3.05) is 18.1 Å². The van der Waals surface area contributed by atoms with Crippen LogP contribution in [0.2, 0.25) is 0 Å². The molecule has 1 saturated heterocycles. The number of aliphatic carboxylic acids is 1. The van der Waals surface area contributed by atoms with Crippen molar-refractivity contribution in [1.82, 2.24) is 4.98 Å². The van der Waals surface area contributed by atoms with Gasteiger partial charge >= 0.3 is 12.0 Å². The number of rotatable bonds is 12. The van der Waals surface area contributed by atoms with Gasteiger partial charge in [0.2, 0.25) is 0 Å². The summed E-state index contributed by atoms with van der Waals surface area (Å²) in [6.45, 7) is 9.56. The Morgan fingerprint density at radius 3 is 2.95 bits per heavy atom. The lowest BCUT2D eigenvalue weighted by Crippen LogP contribution is -2.39. The fourth-order valence-corrected chi connectivity index (χ4v) is 5.18. The van der Waals surface area contributed by atoms with Gasteiger partial charge in [0.15, 0.2) is 5.76 Å². The molecule has 2 heterocycles. The highest BCUT2D eigenvalue weighted by atomic mass is 16.5. The van der Waals surface area contributed by atoms with Gasteiger partial charge < -0.3 is 14.3 Å². The standard InChI is InChI=1S/C34H40N2O4/c1-4-12-28(13-9-10-18-33(37)38)26(5-2)20-19-25(3)27-14-11-16-30-32(22-21-27)39-24-23-36(30)34-35-29-15-7-6-8-17-31(29)40-34/h5-8,11,14,17,19-22,28,32H,2,4,9-10,12-13,15,18,23-24H2,1,3H3,(H,37,38)/b22-21?,25-19+,26-20+,27-14+/t16?,28-,32?/m0/s1. The number of unbranched alkanes of at least 4 members (excludes halogenated alkanes) is 1. The van der Waals surface area contributed by atoms with E-state index in [0.717, 1.165) is 60.4 Å². The zero-order valence-electron chi connectivity index (χ0n) is 23.6. The van der Waals surface area contributed by atoms with Crippen LogP contribution in [-0.4, -0.2) is 35.3 Å². The van der Waals surface area contributed by atoms with Crippen molar-refractivity contribution < 1.29 is 19.1 Å². The molecule has 40 heavy (non-hydrogen) atoms. The lowest BCUT2D eigenvalue weighted by molar-refractivity contribution is -0.137. The molecule has 0 radical (unpaired) electrons. The summed E-state index contributed by atoms with van der Waals surface area (Å²) in [6, 6.07) is 0.579. The molecule has 1 N–H and O–H groups in total. The molecule has 210 valence electrons. The van der Waals surface area contributed by atoms with Crippen LogP contribution in [0.4, 0.5) is 6.01 Å².